The van der Waals surface area contributed by atoms with E-state index in [2.05, 4.69) is 15.5 Å². The normalized spacial score (nSPS) is 19.0. The summed E-state index contributed by atoms with van der Waals surface area (Å²) in [6.07, 6.45) is 0.728. The second kappa shape index (κ2) is 5.19. The van der Waals surface area contributed by atoms with E-state index >= 15 is 0 Å². The lowest BCUT2D eigenvalue weighted by atomic mass is 10.2. The van der Waals surface area contributed by atoms with Crippen molar-refractivity contribution in [2.75, 3.05) is 30.7 Å². The van der Waals surface area contributed by atoms with Gasteiger partial charge < -0.3 is 5.32 Å². The second-order valence-electron chi connectivity index (χ2n) is 4.49. The molecular weight excluding hydrogens is 252 g/mol. The first-order chi connectivity index (χ1) is 8.49. The van der Waals surface area contributed by atoms with Crippen LogP contribution in [0.25, 0.3) is 0 Å². The number of rotatable bonds is 4. The van der Waals surface area contributed by atoms with Gasteiger partial charge in [-0.3, -0.25) is 0 Å². The van der Waals surface area contributed by atoms with E-state index in [0.717, 1.165) is 17.7 Å². The predicted octanol–water partition coefficient (Wildman–Crippen LogP) is 0.541. The molecule has 2 rings (SSSR count). The summed E-state index contributed by atoms with van der Waals surface area (Å²) >= 11 is 0. The van der Waals surface area contributed by atoms with E-state index in [9.17, 15) is 8.42 Å². The minimum Gasteiger partial charge on any atom is -0.367 e. The molecule has 0 bridgehead atoms. The molecular formula is C11H18N4O2S. The highest BCUT2D eigenvalue weighted by Gasteiger charge is 2.27. The molecule has 2 heterocycles. The Morgan fingerprint density at radius 2 is 2.17 bits per heavy atom. The standard InChI is InChI=1S/C11H18N4O2S/c1-9-8-11(14-13-10(9)2)12-4-6-15-5-3-7-18(15,16)17/h8H,3-7H2,1-2H3,(H,12,14). The van der Waals surface area contributed by atoms with Crippen molar-refractivity contribution in [3.63, 3.8) is 0 Å². The number of nitrogens with zero attached hydrogens (tertiary/aromatic N) is 3. The number of nitrogens with one attached hydrogen (secondary N) is 1. The predicted molar refractivity (Wildman–Crippen MR) is 70.0 cm³/mol. The van der Waals surface area contributed by atoms with Crippen molar-refractivity contribution in [2.24, 2.45) is 0 Å². The maximum absolute atomic E-state index is 11.6. The van der Waals surface area contributed by atoms with E-state index in [1.807, 2.05) is 19.9 Å². The largest absolute Gasteiger partial charge is 0.367 e. The summed E-state index contributed by atoms with van der Waals surface area (Å²) in [4.78, 5) is 0. The zero-order valence-electron chi connectivity index (χ0n) is 10.7. The summed E-state index contributed by atoms with van der Waals surface area (Å²) in [5.74, 6) is 0.964. The van der Waals surface area contributed by atoms with Crippen LogP contribution in [0.3, 0.4) is 0 Å². The molecule has 100 valence electrons. The third-order valence-electron chi connectivity index (χ3n) is 3.10. The molecule has 0 aromatic carbocycles. The van der Waals surface area contributed by atoms with Gasteiger partial charge in [0.05, 0.1) is 11.4 Å². The SMILES string of the molecule is Cc1cc(NCCN2CCCS2(=O)=O)nnc1C. The summed E-state index contributed by atoms with van der Waals surface area (Å²) in [5, 5.41) is 11.1. The topological polar surface area (TPSA) is 75.2 Å². The van der Waals surface area contributed by atoms with Gasteiger partial charge >= 0.3 is 0 Å². The van der Waals surface area contributed by atoms with E-state index in [1.165, 1.54) is 4.31 Å². The Morgan fingerprint density at radius 1 is 1.39 bits per heavy atom. The molecule has 0 spiro atoms. The second-order valence-corrected chi connectivity index (χ2v) is 6.58. The summed E-state index contributed by atoms with van der Waals surface area (Å²) < 4.78 is 24.7. The van der Waals surface area contributed by atoms with Gasteiger partial charge in [-0.2, -0.15) is 5.10 Å². The van der Waals surface area contributed by atoms with Gasteiger partial charge in [-0.05, 0) is 31.9 Å². The third-order valence-corrected chi connectivity index (χ3v) is 5.06. The number of sulfonamides is 1. The Kier molecular flexibility index (Phi) is 3.82. The van der Waals surface area contributed by atoms with Crippen LogP contribution in [0.5, 0.6) is 0 Å². The van der Waals surface area contributed by atoms with Gasteiger partial charge in [-0.1, -0.05) is 0 Å². The molecule has 18 heavy (non-hydrogen) atoms. The number of anilines is 1. The molecule has 1 aromatic rings. The maximum Gasteiger partial charge on any atom is 0.214 e. The molecule has 0 amide bonds. The zero-order chi connectivity index (χ0) is 13.2. The number of aryl methyl sites for hydroxylation is 2. The quantitative estimate of drug-likeness (QED) is 0.864. The van der Waals surface area contributed by atoms with Crippen LogP contribution in [0.1, 0.15) is 17.7 Å². The van der Waals surface area contributed by atoms with Crippen LogP contribution in [0.15, 0.2) is 6.07 Å². The van der Waals surface area contributed by atoms with Crippen molar-refractivity contribution in [1.29, 1.82) is 0 Å². The Labute approximate surface area is 107 Å². The minimum atomic E-state index is -3.00. The molecule has 1 fully saturated rings. The summed E-state index contributed by atoms with van der Waals surface area (Å²) in [7, 11) is -3.00. The van der Waals surface area contributed by atoms with E-state index < -0.39 is 10.0 Å². The fraction of sp³-hybridized carbons (Fsp3) is 0.636. The van der Waals surface area contributed by atoms with Gasteiger partial charge in [0.1, 0.15) is 5.82 Å². The smallest absolute Gasteiger partial charge is 0.214 e. The van der Waals surface area contributed by atoms with Crippen molar-refractivity contribution in [3.8, 4) is 0 Å². The van der Waals surface area contributed by atoms with Crippen LogP contribution in [-0.4, -0.2) is 48.3 Å². The number of hydrogen-bond donors (Lipinski definition) is 1. The molecule has 1 N–H and O–H groups in total. The van der Waals surface area contributed by atoms with Crippen LogP contribution in [0.4, 0.5) is 5.82 Å². The number of aromatic nitrogens is 2. The first-order valence-electron chi connectivity index (χ1n) is 6.02. The van der Waals surface area contributed by atoms with Crippen LogP contribution in [0.2, 0.25) is 0 Å². The maximum atomic E-state index is 11.6. The zero-order valence-corrected chi connectivity index (χ0v) is 11.5. The van der Waals surface area contributed by atoms with E-state index in [-0.39, 0.29) is 5.75 Å². The van der Waals surface area contributed by atoms with E-state index in [0.29, 0.717) is 25.5 Å². The van der Waals surface area contributed by atoms with Crippen molar-refractivity contribution in [1.82, 2.24) is 14.5 Å². The monoisotopic (exact) mass is 270 g/mol. The Balaban J connectivity index is 1.87. The fourth-order valence-electron chi connectivity index (χ4n) is 1.88. The first kappa shape index (κ1) is 13.2. The molecule has 0 saturated carbocycles. The highest BCUT2D eigenvalue weighted by molar-refractivity contribution is 7.89. The van der Waals surface area contributed by atoms with Gasteiger partial charge in [0.25, 0.3) is 0 Å². The lowest BCUT2D eigenvalue weighted by Gasteiger charge is -2.14. The van der Waals surface area contributed by atoms with E-state index in [4.69, 9.17) is 0 Å². The Bertz CT molecular complexity index is 530. The molecule has 1 aromatic heterocycles. The first-order valence-corrected chi connectivity index (χ1v) is 7.62. The molecule has 1 aliphatic heterocycles. The third kappa shape index (κ3) is 2.97. The van der Waals surface area contributed by atoms with Crippen molar-refractivity contribution in [3.05, 3.63) is 17.3 Å². The van der Waals surface area contributed by atoms with Crippen LogP contribution >= 0.6 is 0 Å². The average molecular weight is 270 g/mol. The summed E-state index contributed by atoms with van der Waals surface area (Å²) in [6.45, 7) is 5.54. The van der Waals surface area contributed by atoms with Crippen LogP contribution in [-0.2, 0) is 10.0 Å². The van der Waals surface area contributed by atoms with Gasteiger partial charge in [0.2, 0.25) is 10.0 Å². The summed E-state index contributed by atoms with van der Waals surface area (Å²) in [6, 6.07) is 1.92. The molecule has 6 nitrogen and oxygen atoms in total. The molecule has 1 aliphatic rings. The molecule has 0 aliphatic carbocycles. The molecule has 1 saturated heterocycles. The number of hydrogen-bond acceptors (Lipinski definition) is 5. The van der Waals surface area contributed by atoms with Gasteiger partial charge in [0, 0.05) is 19.6 Å². The lowest BCUT2D eigenvalue weighted by Crippen LogP contribution is -2.30. The van der Waals surface area contributed by atoms with Crippen molar-refractivity contribution in [2.45, 2.75) is 20.3 Å². The van der Waals surface area contributed by atoms with Crippen LogP contribution < -0.4 is 5.32 Å². The molecule has 0 unspecified atom stereocenters. The van der Waals surface area contributed by atoms with Crippen molar-refractivity contribution >= 4 is 15.8 Å². The minimum absolute atomic E-state index is 0.274. The van der Waals surface area contributed by atoms with Crippen molar-refractivity contribution < 1.29 is 8.42 Å². The van der Waals surface area contributed by atoms with Gasteiger partial charge in [-0.15, -0.1) is 5.10 Å². The van der Waals surface area contributed by atoms with E-state index in [1.54, 1.807) is 0 Å². The Morgan fingerprint density at radius 3 is 2.78 bits per heavy atom. The Hall–Kier alpha value is -1.21. The average Bonchev–Trinajstić information content (AvgIpc) is 2.63. The molecule has 7 heteroatoms. The highest BCUT2D eigenvalue weighted by Crippen LogP contribution is 2.13. The fourth-order valence-corrected chi connectivity index (χ4v) is 3.41. The molecule has 0 atom stereocenters. The van der Waals surface area contributed by atoms with Gasteiger partial charge in [-0.25, -0.2) is 12.7 Å². The van der Waals surface area contributed by atoms with Crippen LogP contribution in [0, 0.1) is 13.8 Å². The highest BCUT2D eigenvalue weighted by atomic mass is 32.2. The van der Waals surface area contributed by atoms with Gasteiger partial charge in [0.15, 0.2) is 0 Å². The molecule has 0 radical (unpaired) electrons. The summed E-state index contributed by atoms with van der Waals surface area (Å²) in [5.41, 5.74) is 1.98. The lowest BCUT2D eigenvalue weighted by molar-refractivity contribution is 0.456.